The number of halogens is 1. The maximum Gasteiger partial charge on any atom is 0.244 e. The Labute approximate surface area is 154 Å². The molecule has 1 atom stereocenters. The highest BCUT2D eigenvalue weighted by molar-refractivity contribution is 5.75. The van der Waals surface area contributed by atoms with Gasteiger partial charge in [-0.1, -0.05) is 19.1 Å². The van der Waals surface area contributed by atoms with Gasteiger partial charge in [-0.2, -0.15) is 5.10 Å². The van der Waals surface area contributed by atoms with E-state index in [2.05, 4.69) is 10.4 Å². The summed E-state index contributed by atoms with van der Waals surface area (Å²) in [4.78, 5) is 14.6. The maximum absolute atomic E-state index is 13.1. The molecule has 0 saturated carbocycles. The van der Waals surface area contributed by atoms with E-state index in [1.165, 1.54) is 18.6 Å². The molecular weight excluding hydrogens is 331 g/mol. The molecule has 1 aromatic heterocycles. The Morgan fingerprint density at radius 3 is 2.85 bits per heavy atom. The van der Waals surface area contributed by atoms with Crippen LogP contribution in [0.2, 0.25) is 0 Å². The van der Waals surface area contributed by atoms with Crippen LogP contribution in [-0.4, -0.2) is 40.2 Å². The Morgan fingerprint density at radius 2 is 2.15 bits per heavy atom. The number of hydrogen-bond acceptors (Lipinski definition) is 3. The number of hydrogen-bond donors (Lipinski definition) is 1. The number of nitrogens with zero attached hydrogens (tertiary/aromatic N) is 3. The molecule has 6 heteroatoms. The van der Waals surface area contributed by atoms with Crippen LogP contribution in [0.3, 0.4) is 0 Å². The number of carbonyl (C=O) groups is 1. The van der Waals surface area contributed by atoms with Gasteiger partial charge in [0.2, 0.25) is 5.91 Å². The van der Waals surface area contributed by atoms with Crippen LogP contribution in [0.1, 0.15) is 43.4 Å². The highest BCUT2D eigenvalue weighted by Gasteiger charge is 2.19. The molecule has 3 rings (SSSR count). The molecule has 2 heterocycles. The molecule has 1 aliphatic heterocycles. The van der Waals surface area contributed by atoms with Gasteiger partial charge >= 0.3 is 0 Å². The lowest BCUT2D eigenvalue weighted by molar-refractivity contribution is -0.132. The van der Waals surface area contributed by atoms with E-state index in [1.54, 1.807) is 16.8 Å². The van der Waals surface area contributed by atoms with E-state index in [0.29, 0.717) is 19.0 Å². The second-order valence-electron chi connectivity index (χ2n) is 6.92. The van der Waals surface area contributed by atoms with Gasteiger partial charge in [0.1, 0.15) is 12.4 Å². The van der Waals surface area contributed by atoms with Crippen molar-refractivity contribution in [1.29, 1.82) is 0 Å². The Bertz CT molecular complexity index is 707. The Morgan fingerprint density at radius 1 is 1.35 bits per heavy atom. The molecule has 1 aliphatic rings. The van der Waals surface area contributed by atoms with Crippen LogP contribution in [0.5, 0.6) is 0 Å². The fourth-order valence-electron chi connectivity index (χ4n) is 3.40. The number of amides is 1. The summed E-state index contributed by atoms with van der Waals surface area (Å²) in [5.41, 5.74) is 1.99. The Kier molecular flexibility index (Phi) is 6.39. The number of aromatic nitrogens is 2. The van der Waals surface area contributed by atoms with Crippen molar-refractivity contribution in [1.82, 2.24) is 20.0 Å². The average Bonchev–Trinajstić information content (AvgIpc) is 3.12. The predicted molar refractivity (Wildman–Crippen MR) is 99.2 cm³/mol. The molecule has 0 bridgehead atoms. The maximum atomic E-state index is 13.1. The number of nitrogens with one attached hydrogen (secondary N) is 1. The van der Waals surface area contributed by atoms with E-state index in [9.17, 15) is 9.18 Å². The molecule has 5 nitrogen and oxygen atoms in total. The van der Waals surface area contributed by atoms with E-state index in [1.807, 2.05) is 24.1 Å². The third-order valence-corrected chi connectivity index (χ3v) is 4.81. The summed E-state index contributed by atoms with van der Waals surface area (Å²) in [5.74, 6) is 0.210. The SMILES string of the molecule is CCCN(Cc1ccc(F)cc1)C(=O)Cn1ccc([C@H]2CCCNC2)n1. The van der Waals surface area contributed by atoms with Gasteiger partial charge in [-0.05, 0) is 49.6 Å². The zero-order valence-corrected chi connectivity index (χ0v) is 15.3. The highest BCUT2D eigenvalue weighted by atomic mass is 19.1. The van der Waals surface area contributed by atoms with Gasteiger partial charge in [0.05, 0.1) is 5.69 Å². The second-order valence-corrected chi connectivity index (χ2v) is 6.92. The minimum atomic E-state index is -0.261. The van der Waals surface area contributed by atoms with Crippen LogP contribution in [-0.2, 0) is 17.9 Å². The summed E-state index contributed by atoms with van der Waals surface area (Å²) in [5, 5.41) is 8.01. The third kappa shape index (κ3) is 4.91. The molecule has 0 aliphatic carbocycles. The van der Waals surface area contributed by atoms with Crippen molar-refractivity contribution in [2.75, 3.05) is 19.6 Å². The van der Waals surface area contributed by atoms with Gasteiger partial charge in [-0.25, -0.2) is 4.39 Å². The van der Waals surface area contributed by atoms with Crippen LogP contribution in [0.4, 0.5) is 4.39 Å². The summed E-state index contributed by atoms with van der Waals surface area (Å²) in [6.45, 7) is 5.49. The first-order chi connectivity index (χ1) is 12.7. The minimum absolute atomic E-state index is 0.0348. The van der Waals surface area contributed by atoms with E-state index < -0.39 is 0 Å². The molecule has 0 radical (unpaired) electrons. The average molecular weight is 358 g/mol. The molecule has 140 valence electrons. The van der Waals surface area contributed by atoms with Gasteiger partial charge < -0.3 is 10.2 Å². The lowest BCUT2D eigenvalue weighted by atomic mass is 9.97. The fourth-order valence-corrected chi connectivity index (χ4v) is 3.40. The van der Waals surface area contributed by atoms with Gasteiger partial charge in [0.25, 0.3) is 0 Å². The quantitative estimate of drug-likeness (QED) is 0.828. The highest BCUT2D eigenvalue weighted by Crippen LogP contribution is 2.21. The molecule has 1 fully saturated rings. The lowest BCUT2D eigenvalue weighted by Crippen LogP contribution is -2.34. The molecule has 1 amide bonds. The molecule has 1 saturated heterocycles. The van der Waals surface area contributed by atoms with E-state index >= 15 is 0 Å². The van der Waals surface area contributed by atoms with Crippen molar-refractivity contribution >= 4 is 5.91 Å². The summed E-state index contributed by atoms with van der Waals surface area (Å²) >= 11 is 0. The van der Waals surface area contributed by atoms with E-state index in [4.69, 9.17) is 0 Å². The first-order valence-electron chi connectivity index (χ1n) is 9.42. The number of benzene rings is 1. The number of piperidine rings is 1. The van der Waals surface area contributed by atoms with Crippen molar-refractivity contribution in [3.8, 4) is 0 Å². The Balaban J connectivity index is 1.62. The van der Waals surface area contributed by atoms with Gasteiger partial charge in [-0.3, -0.25) is 9.48 Å². The minimum Gasteiger partial charge on any atom is -0.337 e. The third-order valence-electron chi connectivity index (χ3n) is 4.81. The smallest absolute Gasteiger partial charge is 0.244 e. The molecule has 2 aromatic rings. The Hall–Kier alpha value is -2.21. The van der Waals surface area contributed by atoms with Crippen LogP contribution in [0.15, 0.2) is 36.5 Å². The van der Waals surface area contributed by atoms with Crippen LogP contribution in [0, 0.1) is 5.82 Å². The summed E-state index contributed by atoms with van der Waals surface area (Å²) in [6, 6.07) is 8.35. The fraction of sp³-hybridized carbons (Fsp3) is 0.500. The predicted octanol–water partition coefficient (Wildman–Crippen LogP) is 2.93. The van der Waals surface area contributed by atoms with Crippen LogP contribution in [0.25, 0.3) is 0 Å². The first-order valence-corrected chi connectivity index (χ1v) is 9.42. The number of carbonyl (C=O) groups excluding carboxylic acids is 1. The van der Waals surface area contributed by atoms with Gasteiger partial charge in [0, 0.05) is 31.7 Å². The van der Waals surface area contributed by atoms with Crippen molar-refractivity contribution < 1.29 is 9.18 Å². The largest absolute Gasteiger partial charge is 0.337 e. The zero-order chi connectivity index (χ0) is 18.4. The monoisotopic (exact) mass is 358 g/mol. The van der Waals surface area contributed by atoms with Crippen molar-refractivity contribution in [3.63, 3.8) is 0 Å². The summed E-state index contributed by atoms with van der Waals surface area (Å²) in [7, 11) is 0. The molecule has 0 unspecified atom stereocenters. The van der Waals surface area contributed by atoms with E-state index in [0.717, 1.165) is 37.2 Å². The summed E-state index contributed by atoms with van der Waals surface area (Å²) in [6.07, 6.45) is 5.08. The zero-order valence-electron chi connectivity index (χ0n) is 15.3. The molecule has 1 N–H and O–H groups in total. The van der Waals surface area contributed by atoms with Crippen LogP contribution >= 0.6 is 0 Å². The molecule has 26 heavy (non-hydrogen) atoms. The van der Waals surface area contributed by atoms with Crippen LogP contribution < -0.4 is 5.32 Å². The summed E-state index contributed by atoms with van der Waals surface area (Å²) < 4.78 is 14.8. The van der Waals surface area contributed by atoms with Crippen molar-refractivity contribution in [2.24, 2.45) is 0 Å². The number of rotatable bonds is 7. The van der Waals surface area contributed by atoms with Crippen molar-refractivity contribution in [3.05, 3.63) is 53.6 Å². The molecule has 0 spiro atoms. The topological polar surface area (TPSA) is 50.2 Å². The molecular formula is C20H27FN4O. The first kappa shape index (κ1) is 18.6. The standard InChI is InChI=1S/C20H27FN4O/c1-2-11-24(14-16-5-7-18(21)8-6-16)20(26)15-25-12-9-19(23-25)17-4-3-10-22-13-17/h5-9,12,17,22H,2-4,10-11,13-15H2,1H3/t17-/m0/s1. The van der Waals surface area contributed by atoms with Crippen molar-refractivity contribution in [2.45, 2.75) is 45.2 Å². The van der Waals surface area contributed by atoms with Gasteiger partial charge in [0.15, 0.2) is 0 Å². The van der Waals surface area contributed by atoms with E-state index in [-0.39, 0.29) is 18.3 Å². The normalized spacial score (nSPS) is 17.2. The lowest BCUT2D eigenvalue weighted by Gasteiger charge is -2.22. The second kappa shape index (κ2) is 8.94. The van der Waals surface area contributed by atoms with Gasteiger partial charge in [-0.15, -0.1) is 0 Å². The molecule has 1 aromatic carbocycles.